The summed E-state index contributed by atoms with van der Waals surface area (Å²) >= 11 is 0. The highest BCUT2D eigenvalue weighted by atomic mass is 16.5. The van der Waals surface area contributed by atoms with Gasteiger partial charge in [0, 0.05) is 5.69 Å². The second-order valence-corrected chi connectivity index (χ2v) is 5.51. The van der Waals surface area contributed by atoms with Gasteiger partial charge in [-0.2, -0.15) is 0 Å². The Morgan fingerprint density at radius 1 is 1.00 bits per heavy atom. The number of anilines is 1. The third-order valence-electron chi connectivity index (χ3n) is 3.62. The van der Waals surface area contributed by atoms with E-state index in [0.717, 1.165) is 22.6 Å². The molecule has 2 amide bonds. The van der Waals surface area contributed by atoms with Gasteiger partial charge in [0.2, 0.25) is 0 Å². The molecule has 0 aliphatic rings. The molecule has 0 unspecified atom stereocenters. The summed E-state index contributed by atoms with van der Waals surface area (Å²) in [6, 6.07) is 13.3. The van der Waals surface area contributed by atoms with E-state index in [1.165, 1.54) is 5.56 Å². The monoisotopic (exact) mass is 322 g/mol. The van der Waals surface area contributed by atoms with Gasteiger partial charge in [-0.3, -0.25) is 0 Å². The Kier molecular flexibility index (Phi) is 6.27. The first-order valence-electron chi connectivity index (χ1n) is 7.82. The average Bonchev–Trinajstić information content (AvgIpc) is 2.56. The Labute approximate surface area is 143 Å². The molecule has 0 radical (unpaired) electrons. The van der Waals surface area contributed by atoms with Crippen molar-refractivity contribution < 1.29 is 9.53 Å². The van der Waals surface area contributed by atoms with Crippen molar-refractivity contribution in [2.24, 2.45) is 0 Å². The minimum atomic E-state index is -0.271. The van der Waals surface area contributed by atoms with Crippen molar-refractivity contribution in [3.8, 4) is 17.6 Å². The van der Waals surface area contributed by atoms with Crippen LogP contribution in [0.3, 0.4) is 0 Å². The van der Waals surface area contributed by atoms with E-state index < -0.39 is 0 Å². The number of amides is 2. The molecule has 0 heterocycles. The largest absolute Gasteiger partial charge is 0.481 e. The van der Waals surface area contributed by atoms with E-state index in [4.69, 9.17) is 4.74 Å². The van der Waals surface area contributed by atoms with Crippen LogP contribution in [0.1, 0.15) is 16.7 Å². The van der Waals surface area contributed by atoms with Crippen molar-refractivity contribution in [1.29, 1.82) is 0 Å². The average molecular weight is 322 g/mol. The van der Waals surface area contributed by atoms with E-state index in [9.17, 15) is 4.79 Å². The Morgan fingerprint density at radius 2 is 1.79 bits per heavy atom. The van der Waals surface area contributed by atoms with Crippen molar-refractivity contribution in [2.75, 3.05) is 18.5 Å². The van der Waals surface area contributed by atoms with Gasteiger partial charge >= 0.3 is 6.03 Å². The number of carbonyl (C=O) groups excluding carboxylic acids is 1. The molecule has 124 valence electrons. The molecule has 0 saturated carbocycles. The quantitative estimate of drug-likeness (QED) is 0.841. The van der Waals surface area contributed by atoms with Crippen LogP contribution in [0.25, 0.3) is 0 Å². The number of hydrogen-bond acceptors (Lipinski definition) is 2. The fourth-order valence-corrected chi connectivity index (χ4v) is 2.06. The fourth-order valence-electron chi connectivity index (χ4n) is 2.06. The van der Waals surface area contributed by atoms with Gasteiger partial charge in [-0.1, -0.05) is 36.1 Å². The minimum absolute atomic E-state index is 0.271. The predicted octanol–water partition coefficient (Wildman–Crippen LogP) is 3.82. The maximum absolute atomic E-state index is 11.8. The highest BCUT2D eigenvalue weighted by molar-refractivity contribution is 5.89. The molecule has 0 aromatic heterocycles. The fraction of sp³-hybridized carbons (Fsp3) is 0.250. The highest BCUT2D eigenvalue weighted by Gasteiger charge is 2.01. The molecule has 0 aliphatic heterocycles. The maximum atomic E-state index is 11.8. The van der Waals surface area contributed by atoms with Crippen molar-refractivity contribution in [2.45, 2.75) is 20.8 Å². The second kappa shape index (κ2) is 8.64. The van der Waals surface area contributed by atoms with Gasteiger partial charge < -0.3 is 15.4 Å². The Balaban J connectivity index is 1.71. The van der Waals surface area contributed by atoms with Crippen molar-refractivity contribution in [3.05, 3.63) is 59.2 Å². The van der Waals surface area contributed by atoms with Crippen LogP contribution in [-0.2, 0) is 0 Å². The number of urea groups is 1. The van der Waals surface area contributed by atoms with Crippen LogP contribution in [0.4, 0.5) is 10.5 Å². The summed E-state index contributed by atoms with van der Waals surface area (Å²) in [5.41, 5.74) is 4.18. The van der Waals surface area contributed by atoms with Crippen molar-refractivity contribution in [1.82, 2.24) is 5.32 Å². The topological polar surface area (TPSA) is 50.4 Å². The number of rotatable bonds is 4. The Morgan fingerprint density at radius 3 is 2.54 bits per heavy atom. The van der Waals surface area contributed by atoms with Crippen LogP contribution in [0, 0.1) is 32.6 Å². The van der Waals surface area contributed by atoms with Gasteiger partial charge in [0.1, 0.15) is 12.4 Å². The standard InChI is InChI=1S/C20H22N2O2/c1-15-10-11-18(14-17(15)3)22-20(23)21-12-6-7-13-24-19-9-5-4-8-16(19)2/h4-5,8-11,14H,12-13H2,1-3H3,(H2,21,22,23). The number of benzene rings is 2. The number of nitrogens with one attached hydrogen (secondary N) is 2. The zero-order valence-electron chi connectivity index (χ0n) is 14.3. The SMILES string of the molecule is Cc1ccc(NC(=O)NCC#CCOc2ccccc2C)cc1C. The number of hydrogen-bond donors (Lipinski definition) is 2. The molecule has 2 aromatic carbocycles. The van der Waals surface area contributed by atoms with E-state index in [1.54, 1.807) is 0 Å². The summed E-state index contributed by atoms with van der Waals surface area (Å²) in [7, 11) is 0. The van der Waals surface area contributed by atoms with Crippen LogP contribution >= 0.6 is 0 Å². The Hall–Kier alpha value is -2.93. The lowest BCUT2D eigenvalue weighted by molar-refractivity contribution is 0.253. The predicted molar refractivity (Wildman–Crippen MR) is 97.4 cm³/mol. The van der Waals surface area contributed by atoms with Crippen LogP contribution in [0.15, 0.2) is 42.5 Å². The van der Waals surface area contributed by atoms with Crippen LogP contribution in [0.5, 0.6) is 5.75 Å². The van der Waals surface area contributed by atoms with Crippen molar-refractivity contribution in [3.63, 3.8) is 0 Å². The summed E-state index contributed by atoms with van der Waals surface area (Å²) in [4.78, 5) is 11.8. The molecule has 4 heteroatoms. The number of ether oxygens (including phenoxy) is 1. The summed E-state index contributed by atoms with van der Waals surface area (Å²) in [5.74, 6) is 6.57. The number of aryl methyl sites for hydroxylation is 3. The van der Waals surface area contributed by atoms with E-state index in [1.807, 2.05) is 63.2 Å². The van der Waals surface area contributed by atoms with E-state index in [0.29, 0.717) is 6.61 Å². The normalized spacial score (nSPS) is 9.62. The van der Waals surface area contributed by atoms with Crippen molar-refractivity contribution >= 4 is 11.7 Å². The molecule has 0 aliphatic carbocycles. The molecular weight excluding hydrogens is 300 g/mol. The van der Waals surface area contributed by atoms with Gasteiger partial charge in [0.15, 0.2) is 0 Å². The molecule has 2 rings (SSSR count). The Bertz CT molecular complexity index is 773. The molecule has 4 nitrogen and oxygen atoms in total. The summed E-state index contributed by atoms with van der Waals surface area (Å²) in [6.07, 6.45) is 0. The lowest BCUT2D eigenvalue weighted by Gasteiger charge is -2.07. The molecule has 0 atom stereocenters. The first-order valence-corrected chi connectivity index (χ1v) is 7.82. The molecule has 2 N–H and O–H groups in total. The molecule has 0 fully saturated rings. The molecule has 0 spiro atoms. The van der Waals surface area contributed by atoms with Gasteiger partial charge in [-0.25, -0.2) is 4.79 Å². The van der Waals surface area contributed by atoms with E-state index >= 15 is 0 Å². The molecule has 24 heavy (non-hydrogen) atoms. The third kappa shape index (κ3) is 5.36. The van der Waals surface area contributed by atoms with Gasteiger partial charge in [-0.05, 0) is 55.7 Å². The summed E-state index contributed by atoms with van der Waals surface area (Å²) in [5, 5.41) is 5.48. The lowest BCUT2D eigenvalue weighted by atomic mass is 10.1. The zero-order valence-corrected chi connectivity index (χ0v) is 14.3. The van der Waals surface area contributed by atoms with E-state index in [2.05, 4.69) is 22.5 Å². The first-order chi connectivity index (χ1) is 11.6. The molecule has 0 saturated heterocycles. The summed E-state index contributed by atoms with van der Waals surface area (Å²) < 4.78 is 5.56. The third-order valence-corrected chi connectivity index (χ3v) is 3.62. The maximum Gasteiger partial charge on any atom is 0.319 e. The van der Waals surface area contributed by atoms with Crippen LogP contribution < -0.4 is 15.4 Å². The number of para-hydroxylation sites is 1. The molecule has 0 bridgehead atoms. The van der Waals surface area contributed by atoms with Crippen LogP contribution in [-0.4, -0.2) is 19.2 Å². The highest BCUT2D eigenvalue weighted by Crippen LogP contribution is 2.15. The summed E-state index contributed by atoms with van der Waals surface area (Å²) in [6.45, 7) is 6.60. The first kappa shape index (κ1) is 17.4. The lowest BCUT2D eigenvalue weighted by Crippen LogP contribution is -2.29. The van der Waals surface area contributed by atoms with Gasteiger partial charge in [0.25, 0.3) is 0 Å². The second-order valence-electron chi connectivity index (χ2n) is 5.51. The molecular formula is C20H22N2O2. The van der Waals surface area contributed by atoms with Gasteiger partial charge in [-0.15, -0.1) is 0 Å². The zero-order chi connectivity index (χ0) is 17.4. The van der Waals surface area contributed by atoms with E-state index in [-0.39, 0.29) is 12.6 Å². The molecule has 2 aromatic rings. The minimum Gasteiger partial charge on any atom is -0.481 e. The number of carbonyl (C=O) groups is 1. The smallest absolute Gasteiger partial charge is 0.319 e. The van der Waals surface area contributed by atoms with Crippen LogP contribution in [0.2, 0.25) is 0 Å². The van der Waals surface area contributed by atoms with Gasteiger partial charge in [0.05, 0.1) is 6.54 Å².